The molecule has 0 radical (unpaired) electrons. The van der Waals surface area contributed by atoms with Crippen LogP contribution in [0.5, 0.6) is 0 Å². The molecule has 3 nitrogen and oxygen atoms in total. The molecule has 0 bridgehead atoms. The Morgan fingerprint density at radius 1 is 1.43 bits per heavy atom. The molecule has 1 heterocycles. The molecule has 1 rings (SSSR count). The Balaban J connectivity index is 2.39. The summed E-state index contributed by atoms with van der Waals surface area (Å²) < 4.78 is 5.15. The molecule has 1 aromatic rings. The van der Waals surface area contributed by atoms with E-state index in [-0.39, 0.29) is 12.1 Å². The number of aromatic nitrogens is 1. The Morgan fingerprint density at radius 2 is 2.21 bits per heavy atom. The first-order valence-corrected chi connectivity index (χ1v) is 4.91. The van der Waals surface area contributed by atoms with Crippen LogP contribution in [0.1, 0.15) is 25.6 Å². The standard InChI is InChI=1S/C11H18N2O/c1-9(14-3)8-13-10(2)11-6-4-5-7-12-11/h4-7,9-10,13H,8H2,1-3H3/t9?,10-/m1/s1. The zero-order chi connectivity index (χ0) is 10.4. The number of methoxy groups -OCH3 is 1. The van der Waals surface area contributed by atoms with Crippen molar-refractivity contribution in [3.05, 3.63) is 30.1 Å². The third kappa shape index (κ3) is 3.44. The first-order valence-electron chi connectivity index (χ1n) is 4.91. The maximum Gasteiger partial charge on any atom is 0.0667 e. The number of nitrogens with one attached hydrogen (secondary N) is 1. The summed E-state index contributed by atoms with van der Waals surface area (Å²) in [5.74, 6) is 0. The fraction of sp³-hybridized carbons (Fsp3) is 0.545. The lowest BCUT2D eigenvalue weighted by Gasteiger charge is -2.16. The van der Waals surface area contributed by atoms with Crippen LogP contribution in [0.4, 0.5) is 0 Å². The summed E-state index contributed by atoms with van der Waals surface area (Å²) in [5.41, 5.74) is 1.07. The number of pyridine rings is 1. The first-order chi connectivity index (χ1) is 6.74. The zero-order valence-corrected chi connectivity index (χ0v) is 9.03. The topological polar surface area (TPSA) is 34.1 Å². The summed E-state index contributed by atoms with van der Waals surface area (Å²) in [7, 11) is 1.72. The van der Waals surface area contributed by atoms with Crippen molar-refractivity contribution in [1.82, 2.24) is 10.3 Å². The van der Waals surface area contributed by atoms with E-state index in [1.807, 2.05) is 31.3 Å². The second-order valence-corrected chi connectivity index (χ2v) is 3.43. The van der Waals surface area contributed by atoms with Gasteiger partial charge in [0.15, 0.2) is 0 Å². The summed E-state index contributed by atoms with van der Waals surface area (Å²) in [6.45, 7) is 4.98. The summed E-state index contributed by atoms with van der Waals surface area (Å²) in [5, 5.41) is 3.36. The molecule has 0 aliphatic rings. The number of hydrogen-bond acceptors (Lipinski definition) is 3. The van der Waals surface area contributed by atoms with E-state index in [4.69, 9.17) is 4.74 Å². The minimum atomic E-state index is 0.237. The molecule has 0 saturated heterocycles. The molecule has 1 unspecified atom stereocenters. The quantitative estimate of drug-likeness (QED) is 0.775. The van der Waals surface area contributed by atoms with Crippen LogP contribution in [0.25, 0.3) is 0 Å². The van der Waals surface area contributed by atoms with Gasteiger partial charge in [-0.15, -0.1) is 0 Å². The lowest BCUT2D eigenvalue weighted by Crippen LogP contribution is -2.28. The molecule has 1 N–H and O–H groups in total. The average Bonchev–Trinajstić information content (AvgIpc) is 2.26. The van der Waals surface area contributed by atoms with Gasteiger partial charge < -0.3 is 10.1 Å². The van der Waals surface area contributed by atoms with E-state index in [0.29, 0.717) is 0 Å². The minimum Gasteiger partial charge on any atom is -0.380 e. The van der Waals surface area contributed by atoms with E-state index in [0.717, 1.165) is 12.2 Å². The molecule has 78 valence electrons. The predicted molar refractivity (Wildman–Crippen MR) is 57.1 cm³/mol. The molecule has 2 atom stereocenters. The zero-order valence-electron chi connectivity index (χ0n) is 9.03. The summed E-state index contributed by atoms with van der Waals surface area (Å²) in [6, 6.07) is 6.22. The molecular formula is C11H18N2O. The highest BCUT2D eigenvalue weighted by molar-refractivity contribution is 5.07. The van der Waals surface area contributed by atoms with E-state index >= 15 is 0 Å². The molecular weight excluding hydrogens is 176 g/mol. The van der Waals surface area contributed by atoms with Crippen molar-refractivity contribution in [2.45, 2.75) is 26.0 Å². The van der Waals surface area contributed by atoms with E-state index in [2.05, 4.69) is 17.2 Å². The van der Waals surface area contributed by atoms with Crippen molar-refractivity contribution < 1.29 is 4.74 Å². The molecule has 0 aliphatic carbocycles. The van der Waals surface area contributed by atoms with Gasteiger partial charge in [0.1, 0.15) is 0 Å². The molecule has 0 aliphatic heterocycles. The van der Waals surface area contributed by atoms with Gasteiger partial charge in [0.05, 0.1) is 11.8 Å². The van der Waals surface area contributed by atoms with Gasteiger partial charge in [-0.1, -0.05) is 6.07 Å². The molecule has 3 heteroatoms. The minimum absolute atomic E-state index is 0.237. The lowest BCUT2D eigenvalue weighted by atomic mass is 10.2. The summed E-state index contributed by atoms with van der Waals surface area (Å²) in [4.78, 5) is 4.28. The van der Waals surface area contributed by atoms with Crippen LogP contribution in [0.15, 0.2) is 24.4 Å². The molecule has 14 heavy (non-hydrogen) atoms. The predicted octanol–water partition coefficient (Wildman–Crippen LogP) is 1.77. The normalized spacial score (nSPS) is 15.1. The van der Waals surface area contributed by atoms with Gasteiger partial charge >= 0.3 is 0 Å². The van der Waals surface area contributed by atoms with Gasteiger partial charge in [0.25, 0.3) is 0 Å². The van der Waals surface area contributed by atoms with Crippen LogP contribution in [0, 0.1) is 0 Å². The Kier molecular flexibility index (Phi) is 4.56. The first kappa shape index (κ1) is 11.1. The lowest BCUT2D eigenvalue weighted by molar-refractivity contribution is 0.114. The highest BCUT2D eigenvalue weighted by atomic mass is 16.5. The van der Waals surface area contributed by atoms with E-state index in [9.17, 15) is 0 Å². The number of nitrogens with zero attached hydrogens (tertiary/aromatic N) is 1. The smallest absolute Gasteiger partial charge is 0.0667 e. The van der Waals surface area contributed by atoms with Crippen LogP contribution in [-0.2, 0) is 4.74 Å². The fourth-order valence-electron chi connectivity index (χ4n) is 1.16. The van der Waals surface area contributed by atoms with E-state index in [1.165, 1.54) is 0 Å². The van der Waals surface area contributed by atoms with Crippen LogP contribution in [-0.4, -0.2) is 24.7 Å². The van der Waals surface area contributed by atoms with Crippen molar-refractivity contribution in [2.75, 3.05) is 13.7 Å². The van der Waals surface area contributed by atoms with Gasteiger partial charge in [0, 0.05) is 25.9 Å². The second-order valence-electron chi connectivity index (χ2n) is 3.43. The second kappa shape index (κ2) is 5.73. The third-order valence-corrected chi connectivity index (χ3v) is 2.25. The molecule has 0 amide bonds. The van der Waals surface area contributed by atoms with Crippen LogP contribution in [0.3, 0.4) is 0 Å². The van der Waals surface area contributed by atoms with Gasteiger partial charge in [-0.25, -0.2) is 0 Å². The largest absolute Gasteiger partial charge is 0.380 e. The van der Waals surface area contributed by atoms with Crippen molar-refractivity contribution >= 4 is 0 Å². The van der Waals surface area contributed by atoms with Crippen LogP contribution in [0.2, 0.25) is 0 Å². The number of rotatable bonds is 5. The average molecular weight is 194 g/mol. The molecule has 0 spiro atoms. The Labute approximate surface area is 85.5 Å². The molecule has 0 fully saturated rings. The van der Waals surface area contributed by atoms with Crippen molar-refractivity contribution in [1.29, 1.82) is 0 Å². The summed E-state index contributed by atoms with van der Waals surface area (Å²) >= 11 is 0. The van der Waals surface area contributed by atoms with Crippen LogP contribution < -0.4 is 5.32 Å². The Hall–Kier alpha value is -0.930. The maximum absolute atomic E-state index is 5.15. The monoisotopic (exact) mass is 194 g/mol. The molecule has 0 saturated carbocycles. The van der Waals surface area contributed by atoms with E-state index in [1.54, 1.807) is 7.11 Å². The van der Waals surface area contributed by atoms with Gasteiger partial charge in [-0.3, -0.25) is 4.98 Å². The van der Waals surface area contributed by atoms with E-state index < -0.39 is 0 Å². The van der Waals surface area contributed by atoms with Crippen molar-refractivity contribution in [2.24, 2.45) is 0 Å². The highest BCUT2D eigenvalue weighted by Gasteiger charge is 2.06. The number of ether oxygens (including phenoxy) is 1. The SMILES string of the molecule is COC(C)CN[C@H](C)c1ccccn1. The Bertz CT molecular complexity index is 251. The summed E-state index contributed by atoms with van der Waals surface area (Å²) in [6.07, 6.45) is 2.05. The third-order valence-electron chi connectivity index (χ3n) is 2.25. The van der Waals surface area contributed by atoms with Gasteiger partial charge in [-0.05, 0) is 26.0 Å². The molecule has 1 aromatic heterocycles. The van der Waals surface area contributed by atoms with Gasteiger partial charge in [0.2, 0.25) is 0 Å². The highest BCUT2D eigenvalue weighted by Crippen LogP contribution is 2.07. The van der Waals surface area contributed by atoms with Crippen LogP contribution >= 0.6 is 0 Å². The molecule has 0 aromatic carbocycles. The Morgan fingerprint density at radius 3 is 2.79 bits per heavy atom. The fourth-order valence-corrected chi connectivity index (χ4v) is 1.16. The van der Waals surface area contributed by atoms with Gasteiger partial charge in [-0.2, -0.15) is 0 Å². The van der Waals surface area contributed by atoms with Crippen molar-refractivity contribution in [3.8, 4) is 0 Å². The maximum atomic E-state index is 5.15. The number of hydrogen-bond donors (Lipinski definition) is 1. The van der Waals surface area contributed by atoms with Crippen molar-refractivity contribution in [3.63, 3.8) is 0 Å².